The second kappa shape index (κ2) is 8.52. The molecule has 0 saturated carbocycles. The van der Waals surface area contributed by atoms with Crippen molar-refractivity contribution < 1.29 is 14.3 Å². The molecule has 2 aromatic carbocycles. The molecule has 136 valence electrons. The van der Waals surface area contributed by atoms with Crippen molar-refractivity contribution in [2.45, 2.75) is 6.92 Å². The SMILES string of the molecule is Cc1ccc(NC(=O)COC(=O)c2ccc(/C=N\n3cnnc3)cc2)cc1. The fraction of sp³-hybridized carbons (Fsp3) is 0.105. The average molecular weight is 363 g/mol. The predicted molar refractivity (Wildman–Crippen MR) is 99.5 cm³/mol. The van der Waals surface area contributed by atoms with Crippen LogP contribution in [0.1, 0.15) is 21.5 Å². The second-order valence-corrected chi connectivity index (χ2v) is 5.70. The van der Waals surface area contributed by atoms with Crippen molar-refractivity contribution in [2.24, 2.45) is 5.10 Å². The highest BCUT2D eigenvalue weighted by Gasteiger charge is 2.10. The topological polar surface area (TPSA) is 98.5 Å². The fourth-order valence-corrected chi connectivity index (χ4v) is 2.14. The van der Waals surface area contributed by atoms with Crippen LogP contribution >= 0.6 is 0 Å². The van der Waals surface area contributed by atoms with Gasteiger partial charge in [0.2, 0.25) is 0 Å². The maximum absolute atomic E-state index is 12.0. The monoisotopic (exact) mass is 363 g/mol. The van der Waals surface area contributed by atoms with Crippen LogP contribution in [-0.2, 0) is 9.53 Å². The van der Waals surface area contributed by atoms with Crippen molar-refractivity contribution in [3.63, 3.8) is 0 Å². The molecular weight excluding hydrogens is 346 g/mol. The first-order valence-corrected chi connectivity index (χ1v) is 8.13. The zero-order valence-corrected chi connectivity index (χ0v) is 14.6. The van der Waals surface area contributed by atoms with E-state index in [0.29, 0.717) is 11.3 Å². The van der Waals surface area contributed by atoms with Gasteiger partial charge >= 0.3 is 5.97 Å². The van der Waals surface area contributed by atoms with E-state index in [2.05, 4.69) is 20.6 Å². The lowest BCUT2D eigenvalue weighted by Gasteiger charge is -2.07. The molecule has 0 aliphatic carbocycles. The van der Waals surface area contributed by atoms with Gasteiger partial charge in [-0.2, -0.15) is 5.10 Å². The lowest BCUT2D eigenvalue weighted by molar-refractivity contribution is -0.119. The van der Waals surface area contributed by atoms with E-state index in [1.54, 1.807) is 42.6 Å². The molecule has 1 aromatic heterocycles. The molecule has 8 nitrogen and oxygen atoms in total. The van der Waals surface area contributed by atoms with Crippen molar-refractivity contribution in [1.29, 1.82) is 0 Å². The Hall–Kier alpha value is -3.81. The molecule has 0 aliphatic rings. The number of hydrogen-bond donors (Lipinski definition) is 1. The van der Waals surface area contributed by atoms with Gasteiger partial charge in [-0.15, -0.1) is 10.2 Å². The summed E-state index contributed by atoms with van der Waals surface area (Å²) < 4.78 is 6.49. The van der Waals surface area contributed by atoms with Gasteiger partial charge in [-0.1, -0.05) is 29.8 Å². The second-order valence-electron chi connectivity index (χ2n) is 5.70. The molecule has 0 saturated heterocycles. The number of esters is 1. The van der Waals surface area contributed by atoms with E-state index in [9.17, 15) is 9.59 Å². The van der Waals surface area contributed by atoms with Crippen LogP contribution in [0.4, 0.5) is 5.69 Å². The third-order valence-electron chi connectivity index (χ3n) is 3.56. The molecule has 1 amide bonds. The summed E-state index contributed by atoms with van der Waals surface area (Å²) >= 11 is 0. The van der Waals surface area contributed by atoms with Gasteiger partial charge < -0.3 is 10.1 Å². The Bertz CT molecular complexity index is 932. The molecular formula is C19H17N5O3. The quantitative estimate of drug-likeness (QED) is 0.535. The number of hydrogen-bond acceptors (Lipinski definition) is 6. The molecule has 1 N–H and O–H groups in total. The summed E-state index contributed by atoms with van der Waals surface area (Å²) in [4.78, 5) is 23.9. The Balaban J connectivity index is 1.50. The summed E-state index contributed by atoms with van der Waals surface area (Å²) in [7, 11) is 0. The summed E-state index contributed by atoms with van der Waals surface area (Å²) in [5.74, 6) is -0.971. The van der Waals surface area contributed by atoms with Crippen molar-refractivity contribution in [3.05, 3.63) is 77.9 Å². The Kier molecular flexibility index (Phi) is 5.68. The van der Waals surface area contributed by atoms with Crippen LogP contribution < -0.4 is 5.32 Å². The number of carbonyl (C=O) groups is 2. The lowest BCUT2D eigenvalue weighted by Crippen LogP contribution is -2.20. The van der Waals surface area contributed by atoms with Crippen molar-refractivity contribution >= 4 is 23.8 Å². The highest BCUT2D eigenvalue weighted by molar-refractivity contribution is 5.95. The van der Waals surface area contributed by atoms with E-state index in [-0.39, 0.29) is 6.61 Å². The van der Waals surface area contributed by atoms with E-state index < -0.39 is 11.9 Å². The molecule has 0 radical (unpaired) electrons. The first-order chi connectivity index (χ1) is 13.1. The number of anilines is 1. The van der Waals surface area contributed by atoms with Gasteiger partial charge in [0.1, 0.15) is 12.7 Å². The van der Waals surface area contributed by atoms with Crippen LogP contribution in [0.25, 0.3) is 0 Å². The number of aromatic nitrogens is 3. The van der Waals surface area contributed by atoms with Gasteiger partial charge in [0.15, 0.2) is 6.61 Å². The van der Waals surface area contributed by atoms with Crippen LogP contribution in [0, 0.1) is 6.92 Å². The molecule has 0 bridgehead atoms. The molecule has 27 heavy (non-hydrogen) atoms. The van der Waals surface area contributed by atoms with Crippen LogP contribution in [-0.4, -0.2) is 39.6 Å². The number of benzene rings is 2. The van der Waals surface area contributed by atoms with Crippen molar-refractivity contribution in [2.75, 3.05) is 11.9 Å². The number of nitrogens with one attached hydrogen (secondary N) is 1. The number of ether oxygens (including phenoxy) is 1. The number of carbonyl (C=O) groups excluding carboxylic acids is 2. The van der Waals surface area contributed by atoms with Crippen LogP contribution in [0.15, 0.2) is 66.3 Å². The zero-order valence-electron chi connectivity index (χ0n) is 14.6. The molecule has 1 heterocycles. The Morgan fingerprint density at radius 3 is 2.41 bits per heavy atom. The highest BCUT2D eigenvalue weighted by Crippen LogP contribution is 2.09. The summed E-state index contributed by atoms with van der Waals surface area (Å²) in [6.07, 6.45) is 4.53. The van der Waals surface area contributed by atoms with Gasteiger partial charge in [0, 0.05) is 5.69 Å². The largest absolute Gasteiger partial charge is 0.452 e. The summed E-state index contributed by atoms with van der Waals surface area (Å²) in [5, 5.41) is 14.1. The van der Waals surface area contributed by atoms with E-state index >= 15 is 0 Å². The summed E-state index contributed by atoms with van der Waals surface area (Å²) in [5.41, 5.74) is 2.88. The highest BCUT2D eigenvalue weighted by atomic mass is 16.5. The third-order valence-corrected chi connectivity index (χ3v) is 3.56. The minimum Gasteiger partial charge on any atom is -0.452 e. The Morgan fingerprint density at radius 1 is 1.07 bits per heavy atom. The van der Waals surface area contributed by atoms with Crippen molar-refractivity contribution in [1.82, 2.24) is 14.9 Å². The third kappa shape index (κ3) is 5.33. The normalized spacial score (nSPS) is 10.7. The maximum Gasteiger partial charge on any atom is 0.338 e. The number of amides is 1. The average Bonchev–Trinajstić information content (AvgIpc) is 3.20. The van der Waals surface area contributed by atoms with Gasteiger partial charge in [-0.3, -0.25) is 4.79 Å². The number of aryl methyl sites for hydroxylation is 1. The van der Waals surface area contributed by atoms with Crippen LogP contribution in [0.2, 0.25) is 0 Å². The first-order valence-electron chi connectivity index (χ1n) is 8.13. The van der Waals surface area contributed by atoms with Gasteiger partial charge in [-0.25, -0.2) is 9.47 Å². The number of rotatable bonds is 6. The van der Waals surface area contributed by atoms with Gasteiger partial charge in [-0.05, 0) is 36.8 Å². The van der Waals surface area contributed by atoms with E-state index in [1.165, 1.54) is 17.3 Å². The van der Waals surface area contributed by atoms with Crippen molar-refractivity contribution in [3.8, 4) is 0 Å². The Morgan fingerprint density at radius 2 is 1.74 bits per heavy atom. The zero-order chi connectivity index (χ0) is 19.1. The van der Waals surface area contributed by atoms with Gasteiger partial charge in [0.05, 0.1) is 11.8 Å². The minimum absolute atomic E-state index is 0.347. The summed E-state index contributed by atoms with van der Waals surface area (Å²) in [6, 6.07) is 14.0. The molecule has 3 aromatic rings. The van der Waals surface area contributed by atoms with Crippen LogP contribution in [0.3, 0.4) is 0 Å². The predicted octanol–water partition coefficient (Wildman–Crippen LogP) is 2.26. The molecule has 0 atom stereocenters. The molecule has 0 fully saturated rings. The standard InChI is InChI=1S/C19H17N5O3/c1-14-2-8-17(9-3-14)23-18(25)11-27-19(26)16-6-4-15(5-7-16)10-22-24-12-20-21-13-24/h2-10,12-13H,11H2,1H3,(H,23,25)/b22-10-. The smallest absolute Gasteiger partial charge is 0.338 e. The fourth-order valence-electron chi connectivity index (χ4n) is 2.14. The molecule has 8 heteroatoms. The van der Waals surface area contributed by atoms with E-state index in [1.807, 2.05) is 19.1 Å². The molecule has 0 aliphatic heterocycles. The van der Waals surface area contributed by atoms with Gasteiger partial charge in [0.25, 0.3) is 5.91 Å². The molecule has 0 spiro atoms. The molecule has 3 rings (SSSR count). The number of nitrogens with zero attached hydrogens (tertiary/aromatic N) is 4. The van der Waals surface area contributed by atoms with E-state index in [4.69, 9.17) is 4.74 Å². The summed E-state index contributed by atoms with van der Waals surface area (Å²) in [6.45, 7) is 1.60. The minimum atomic E-state index is -0.573. The lowest BCUT2D eigenvalue weighted by atomic mass is 10.1. The first kappa shape index (κ1) is 18.0. The molecule has 0 unspecified atom stereocenters. The van der Waals surface area contributed by atoms with E-state index in [0.717, 1.165) is 11.1 Å². The Labute approximate surface area is 155 Å². The maximum atomic E-state index is 12.0. The van der Waals surface area contributed by atoms with Crippen LogP contribution in [0.5, 0.6) is 0 Å².